The Labute approximate surface area is 153 Å². The predicted octanol–water partition coefficient (Wildman–Crippen LogP) is 5.16. The summed E-state index contributed by atoms with van der Waals surface area (Å²) in [5.41, 5.74) is 2.95. The van der Waals surface area contributed by atoms with Crippen molar-refractivity contribution in [3.8, 4) is 11.5 Å². The molecule has 2 aromatic rings. The number of ether oxygens (including phenoxy) is 2. The number of hydrogen-bond acceptors (Lipinski definition) is 3. The van der Waals surface area contributed by atoms with E-state index in [9.17, 15) is 9.90 Å². The van der Waals surface area contributed by atoms with Crippen LogP contribution in [0.4, 0.5) is 0 Å². The molecule has 4 heteroatoms. The second kappa shape index (κ2) is 8.72. The van der Waals surface area contributed by atoms with E-state index >= 15 is 0 Å². The van der Waals surface area contributed by atoms with Crippen LogP contribution in [0, 0.1) is 0 Å². The summed E-state index contributed by atoms with van der Waals surface area (Å²) in [5.74, 6) is -0.290. The fraction of sp³-hybridized carbons (Fsp3) is 0.136. The van der Waals surface area contributed by atoms with Gasteiger partial charge in [-0.3, -0.25) is 0 Å². The van der Waals surface area contributed by atoms with E-state index < -0.39 is 5.97 Å². The number of carboxylic acid groups (broad SMARTS) is 1. The molecule has 0 amide bonds. The van der Waals surface area contributed by atoms with E-state index in [1.165, 1.54) is 14.2 Å². The Morgan fingerprint density at radius 3 is 2.31 bits per heavy atom. The Balaban J connectivity index is 2.66. The van der Waals surface area contributed by atoms with Crippen molar-refractivity contribution < 1.29 is 19.4 Å². The summed E-state index contributed by atoms with van der Waals surface area (Å²) in [6.45, 7) is 5.68. The molecule has 0 aliphatic heterocycles. The topological polar surface area (TPSA) is 55.8 Å². The molecule has 26 heavy (non-hydrogen) atoms. The average Bonchev–Trinajstić information content (AvgIpc) is 2.64. The quantitative estimate of drug-likeness (QED) is 0.553. The van der Waals surface area contributed by atoms with Gasteiger partial charge in [0.05, 0.1) is 19.8 Å². The first-order valence-corrected chi connectivity index (χ1v) is 8.07. The van der Waals surface area contributed by atoms with Crippen LogP contribution in [0.1, 0.15) is 34.0 Å². The maximum Gasteiger partial charge on any atom is 0.340 e. The van der Waals surface area contributed by atoms with Crippen molar-refractivity contribution in [2.45, 2.75) is 6.92 Å². The Hall–Kier alpha value is -3.27. The highest BCUT2D eigenvalue weighted by Crippen LogP contribution is 2.37. The smallest absolute Gasteiger partial charge is 0.340 e. The number of methoxy groups -OCH3 is 2. The minimum absolute atomic E-state index is 0.0850. The van der Waals surface area contributed by atoms with Crippen molar-refractivity contribution >= 4 is 24.2 Å². The summed E-state index contributed by atoms with van der Waals surface area (Å²) in [6.07, 6.45) is 7.13. The van der Waals surface area contributed by atoms with Crippen LogP contribution in [0.15, 0.2) is 54.6 Å². The fourth-order valence-corrected chi connectivity index (χ4v) is 2.54. The molecule has 0 fully saturated rings. The van der Waals surface area contributed by atoms with E-state index in [0.717, 1.165) is 11.1 Å². The van der Waals surface area contributed by atoms with Crippen LogP contribution in [-0.2, 0) is 0 Å². The normalized spacial score (nSPS) is 11.0. The largest absolute Gasteiger partial charge is 0.496 e. The number of rotatable bonds is 7. The molecule has 2 rings (SSSR count). The number of aromatic carboxylic acids is 1. The van der Waals surface area contributed by atoms with E-state index in [-0.39, 0.29) is 11.3 Å². The third-order valence-corrected chi connectivity index (χ3v) is 3.74. The molecule has 1 N–H and O–H groups in total. The van der Waals surface area contributed by atoms with Gasteiger partial charge in [-0.2, -0.15) is 0 Å². The second-order valence-corrected chi connectivity index (χ2v) is 5.72. The summed E-state index contributed by atoms with van der Waals surface area (Å²) in [6, 6.07) is 11.3. The van der Waals surface area contributed by atoms with Gasteiger partial charge in [-0.05, 0) is 30.2 Å². The van der Waals surface area contributed by atoms with E-state index in [0.29, 0.717) is 16.9 Å². The Morgan fingerprint density at radius 2 is 1.77 bits per heavy atom. The summed E-state index contributed by atoms with van der Waals surface area (Å²) in [7, 11) is 2.99. The lowest BCUT2D eigenvalue weighted by Gasteiger charge is -2.15. The van der Waals surface area contributed by atoms with Gasteiger partial charge in [0.2, 0.25) is 0 Å². The molecule has 0 aliphatic rings. The van der Waals surface area contributed by atoms with Gasteiger partial charge >= 0.3 is 5.97 Å². The predicted molar refractivity (Wildman–Crippen MR) is 106 cm³/mol. The molecule has 0 aliphatic carbocycles. The van der Waals surface area contributed by atoms with Crippen LogP contribution in [0.25, 0.3) is 18.2 Å². The third-order valence-electron chi connectivity index (χ3n) is 3.74. The highest BCUT2D eigenvalue weighted by atomic mass is 16.5. The minimum atomic E-state index is -1.07. The fourth-order valence-electron chi connectivity index (χ4n) is 2.54. The molecule has 0 atom stereocenters. The van der Waals surface area contributed by atoms with Gasteiger partial charge in [-0.1, -0.05) is 60.7 Å². The van der Waals surface area contributed by atoms with Gasteiger partial charge in [0.15, 0.2) is 0 Å². The van der Waals surface area contributed by atoms with Gasteiger partial charge in [0, 0.05) is 0 Å². The molecule has 4 nitrogen and oxygen atoms in total. The lowest BCUT2D eigenvalue weighted by Crippen LogP contribution is -2.06. The molecular weight excluding hydrogens is 328 g/mol. The first-order valence-electron chi connectivity index (χ1n) is 8.07. The average molecular weight is 350 g/mol. The molecule has 0 saturated heterocycles. The van der Waals surface area contributed by atoms with Crippen LogP contribution in [0.5, 0.6) is 11.5 Å². The Morgan fingerprint density at radius 1 is 1.08 bits per heavy atom. The number of allylic oxidation sites excluding steroid dienone is 2. The molecule has 0 radical (unpaired) electrons. The molecular formula is C22H22O4. The summed E-state index contributed by atoms with van der Waals surface area (Å²) in [4.78, 5) is 11.9. The monoisotopic (exact) mass is 350 g/mol. The van der Waals surface area contributed by atoms with Crippen LogP contribution in [-0.4, -0.2) is 25.3 Å². The SMILES string of the molecule is C=C(C)C=Cc1c(OC)cc(C=Cc2ccccc2)c(C(=O)O)c1OC. The molecule has 0 aromatic heterocycles. The number of benzene rings is 2. The summed E-state index contributed by atoms with van der Waals surface area (Å²) in [5, 5.41) is 9.74. The lowest BCUT2D eigenvalue weighted by molar-refractivity contribution is 0.0693. The highest BCUT2D eigenvalue weighted by molar-refractivity contribution is 5.99. The number of hydrogen-bond donors (Lipinski definition) is 1. The second-order valence-electron chi connectivity index (χ2n) is 5.72. The maximum atomic E-state index is 11.9. The van der Waals surface area contributed by atoms with Crippen LogP contribution in [0.2, 0.25) is 0 Å². The molecule has 0 heterocycles. The standard InChI is InChI=1S/C22H22O4/c1-15(2)10-13-18-19(25-3)14-17(20(22(23)24)21(18)26-4)12-11-16-8-6-5-7-9-16/h5-14H,1H2,2-4H3,(H,23,24). The first-order chi connectivity index (χ1) is 12.5. The minimum Gasteiger partial charge on any atom is -0.496 e. The first kappa shape index (κ1) is 19.1. The van der Waals surface area contributed by atoms with Crippen molar-refractivity contribution in [2.75, 3.05) is 14.2 Å². The lowest BCUT2D eigenvalue weighted by atomic mass is 9.98. The number of carbonyl (C=O) groups is 1. The molecule has 0 saturated carbocycles. The van der Waals surface area contributed by atoms with E-state index in [1.54, 1.807) is 24.3 Å². The third kappa shape index (κ3) is 4.42. The Kier molecular flexibility index (Phi) is 6.39. The molecule has 134 valence electrons. The van der Waals surface area contributed by atoms with Crippen molar-refractivity contribution in [2.24, 2.45) is 0 Å². The van der Waals surface area contributed by atoms with Gasteiger partial charge in [0.1, 0.15) is 17.1 Å². The van der Waals surface area contributed by atoms with Crippen molar-refractivity contribution in [3.05, 3.63) is 76.9 Å². The van der Waals surface area contributed by atoms with Gasteiger partial charge in [0.25, 0.3) is 0 Å². The maximum absolute atomic E-state index is 11.9. The van der Waals surface area contributed by atoms with Crippen LogP contribution < -0.4 is 9.47 Å². The Bertz CT molecular complexity index is 861. The highest BCUT2D eigenvalue weighted by Gasteiger charge is 2.22. The van der Waals surface area contributed by atoms with E-state index in [2.05, 4.69) is 6.58 Å². The molecule has 0 unspecified atom stereocenters. The van der Waals surface area contributed by atoms with Crippen molar-refractivity contribution in [1.29, 1.82) is 0 Å². The van der Waals surface area contributed by atoms with E-state index in [1.807, 2.05) is 43.3 Å². The molecule has 0 spiro atoms. The zero-order chi connectivity index (χ0) is 19.1. The van der Waals surface area contributed by atoms with Gasteiger partial charge in [-0.15, -0.1) is 0 Å². The van der Waals surface area contributed by atoms with Gasteiger partial charge in [-0.25, -0.2) is 4.79 Å². The van der Waals surface area contributed by atoms with Crippen molar-refractivity contribution in [3.63, 3.8) is 0 Å². The van der Waals surface area contributed by atoms with Crippen LogP contribution in [0.3, 0.4) is 0 Å². The van der Waals surface area contributed by atoms with Crippen LogP contribution >= 0.6 is 0 Å². The molecule has 2 aromatic carbocycles. The zero-order valence-electron chi connectivity index (χ0n) is 15.2. The molecule has 0 bridgehead atoms. The number of carboxylic acids is 1. The van der Waals surface area contributed by atoms with E-state index in [4.69, 9.17) is 9.47 Å². The van der Waals surface area contributed by atoms with Gasteiger partial charge < -0.3 is 14.6 Å². The summed E-state index contributed by atoms with van der Waals surface area (Å²) < 4.78 is 10.9. The van der Waals surface area contributed by atoms with Crippen molar-refractivity contribution in [1.82, 2.24) is 0 Å². The zero-order valence-corrected chi connectivity index (χ0v) is 15.2. The summed E-state index contributed by atoms with van der Waals surface area (Å²) >= 11 is 0.